The lowest BCUT2D eigenvalue weighted by molar-refractivity contribution is 0.0605. The molecule has 1 aromatic carbocycles. The lowest BCUT2D eigenvalue weighted by atomic mass is 9.94. The van der Waals surface area contributed by atoms with E-state index in [-0.39, 0.29) is 11.9 Å². The van der Waals surface area contributed by atoms with E-state index in [0.717, 1.165) is 62.9 Å². The molecule has 0 unspecified atom stereocenters. The molecule has 2 saturated carbocycles. The predicted octanol–water partition coefficient (Wildman–Crippen LogP) is 6.48. The molecule has 1 aromatic rings. The molecule has 0 saturated heterocycles. The minimum Gasteiger partial charge on any atom is -0.428 e. The van der Waals surface area contributed by atoms with Gasteiger partial charge in [-0.1, -0.05) is 12.8 Å². The molecule has 2 aliphatic rings. The van der Waals surface area contributed by atoms with Crippen LogP contribution in [0.4, 0.5) is 0 Å². The van der Waals surface area contributed by atoms with Crippen LogP contribution in [0.1, 0.15) is 98.8 Å². The van der Waals surface area contributed by atoms with Gasteiger partial charge in [0.1, 0.15) is 11.5 Å². The third-order valence-electron chi connectivity index (χ3n) is 5.76. The van der Waals surface area contributed by atoms with Gasteiger partial charge in [0.25, 0.3) is 0 Å². The maximum atomic E-state index is 12.4. The highest BCUT2D eigenvalue weighted by Gasteiger charge is 2.16. The van der Waals surface area contributed by atoms with E-state index in [1.165, 1.54) is 24.0 Å². The Morgan fingerprint density at radius 2 is 0.929 bits per heavy atom. The predicted molar refractivity (Wildman–Crippen MR) is 109 cm³/mol. The molecule has 4 heteroatoms. The molecule has 0 radical (unpaired) electrons. The summed E-state index contributed by atoms with van der Waals surface area (Å²) in [4.78, 5) is 24.8. The lowest BCUT2D eigenvalue weighted by Crippen LogP contribution is -2.09. The normalized spacial score (nSPS) is 17.1. The zero-order valence-electron chi connectivity index (χ0n) is 17.0. The first-order chi connectivity index (χ1) is 13.5. The van der Waals surface area contributed by atoms with Crippen molar-refractivity contribution in [2.24, 2.45) is 0 Å². The van der Waals surface area contributed by atoms with E-state index < -0.39 is 0 Å². The molecule has 0 amide bonds. The molecule has 150 valence electrons. The average molecular weight is 383 g/mol. The van der Waals surface area contributed by atoms with Crippen LogP contribution in [0.2, 0.25) is 0 Å². The van der Waals surface area contributed by atoms with Crippen LogP contribution < -0.4 is 0 Å². The molecule has 0 N–H and O–H groups in total. The summed E-state index contributed by atoms with van der Waals surface area (Å²) in [5, 5.41) is 0. The summed E-state index contributed by atoms with van der Waals surface area (Å²) in [6, 6.07) is 6.50. The third kappa shape index (κ3) is 5.34. The molecular weight excluding hydrogens is 352 g/mol. The van der Waals surface area contributed by atoms with Crippen LogP contribution in [0, 0.1) is 0 Å². The first kappa shape index (κ1) is 20.4. The van der Waals surface area contributed by atoms with Gasteiger partial charge in [0.2, 0.25) is 0 Å². The number of esters is 2. The number of rotatable bonds is 4. The first-order valence-corrected chi connectivity index (χ1v) is 10.5. The largest absolute Gasteiger partial charge is 0.428 e. The van der Waals surface area contributed by atoms with Crippen molar-refractivity contribution < 1.29 is 19.1 Å². The monoisotopic (exact) mass is 382 g/mol. The van der Waals surface area contributed by atoms with E-state index in [1.54, 1.807) is 24.3 Å². The Bertz CT molecular complexity index is 700. The quantitative estimate of drug-likeness (QED) is 0.442. The molecule has 0 heterocycles. The number of ether oxygens (including phenoxy) is 2. The van der Waals surface area contributed by atoms with E-state index in [0.29, 0.717) is 11.1 Å². The highest BCUT2D eigenvalue weighted by atomic mass is 16.5. The maximum Gasteiger partial charge on any atom is 0.343 e. The number of hydrogen-bond acceptors (Lipinski definition) is 4. The molecule has 28 heavy (non-hydrogen) atoms. The molecule has 0 atom stereocenters. The SMILES string of the molecule is CC(OC(=O)c1ccc(C(=O)OC(C)=C2CCCCC2)cc1)=C1CCCCC1. The second kappa shape index (κ2) is 9.72. The first-order valence-electron chi connectivity index (χ1n) is 10.5. The van der Waals surface area contributed by atoms with Gasteiger partial charge >= 0.3 is 11.9 Å². The topological polar surface area (TPSA) is 52.6 Å². The fourth-order valence-corrected chi connectivity index (χ4v) is 3.94. The van der Waals surface area contributed by atoms with Crippen LogP contribution in [0.15, 0.2) is 46.9 Å². The fourth-order valence-electron chi connectivity index (χ4n) is 3.94. The molecular formula is C24H30O4. The molecule has 0 bridgehead atoms. The van der Waals surface area contributed by atoms with Crippen molar-refractivity contribution in [1.82, 2.24) is 0 Å². The van der Waals surface area contributed by atoms with Gasteiger partial charge in [-0.25, -0.2) is 9.59 Å². The van der Waals surface area contributed by atoms with E-state index in [9.17, 15) is 9.59 Å². The number of allylic oxidation sites excluding steroid dienone is 4. The zero-order chi connectivity index (χ0) is 19.9. The summed E-state index contributed by atoms with van der Waals surface area (Å²) < 4.78 is 11.1. The van der Waals surface area contributed by atoms with E-state index >= 15 is 0 Å². The van der Waals surface area contributed by atoms with Gasteiger partial charge in [-0.3, -0.25) is 0 Å². The highest BCUT2D eigenvalue weighted by molar-refractivity contribution is 5.94. The number of carbonyl (C=O) groups excluding carboxylic acids is 2. The lowest BCUT2D eigenvalue weighted by Gasteiger charge is -2.17. The molecule has 0 aromatic heterocycles. The Morgan fingerprint density at radius 1 is 0.607 bits per heavy atom. The third-order valence-corrected chi connectivity index (χ3v) is 5.76. The minimum atomic E-state index is -0.379. The summed E-state index contributed by atoms with van der Waals surface area (Å²) in [5.74, 6) is 0.692. The van der Waals surface area contributed by atoms with Crippen molar-refractivity contribution in [2.45, 2.75) is 78.1 Å². The van der Waals surface area contributed by atoms with Crippen LogP contribution in [0.3, 0.4) is 0 Å². The molecule has 3 rings (SSSR count). The van der Waals surface area contributed by atoms with E-state index in [1.807, 2.05) is 13.8 Å². The molecule has 4 nitrogen and oxygen atoms in total. The summed E-state index contributed by atoms with van der Waals surface area (Å²) in [6.45, 7) is 3.73. The zero-order valence-corrected chi connectivity index (χ0v) is 17.0. The fraction of sp³-hybridized carbons (Fsp3) is 0.500. The Morgan fingerprint density at radius 3 is 1.25 bits per heavy atom. The van der Waals surface area contributed by atoms with Crippen molar-refractivity contribution in [3.8, 4) is 0 Å². The smallest absolute Gasteiger partial charge is 0.343 e. The summed E-state index contributed by atoms with van der Waals surface area (Å²) >= 11 is 0. The van der Waals surface area contributed by atoms with Crippen molar-refractivity contribution in [3.05, 3.63) is 58.1 Å². The molecule has 2 aliphatic carbocycles. The van der Waals surface area contributed by atoms with Crippen molar-refractivity contribution >= 4 is 11.9 Å². The summed E-state index contributed by atoms with van der Waals surface area (Å²) in [7, 11) is 0. The Balaban J connectivity index is 1.60. The second-order valence-corrected chi connectivity index (χ2v) is 7.80. The second-order valence-electron chi connectivity index (χ2n) is 7.80. The van der Waals surface area contributed by atoms with Crippen LogP contribution in [-0.2, 0) is 9.47 Å². The summed E-state index contributed by atoms with van der Waals surface area (Å²) in [5.41, 5.74) is 3.36. The van der Waals surface area contributed by atoms with Gasteiger partial charge in [-0.2, -0.15) is 0 Å². The van der Waals surface area contributed by atoms with Gasteiger partial charge in [0.15, 0.2) is 0 Å². The van der Waals surface area contributed by atoms with Crippen LogP contribution in [0.5, 0.6) is 0 Å². The van der Waals surface area contributed by atoms with Crippen molar-refractivity contribution in [2.75, 3.05) is 0 Å². The highest BCUT2D eigenvalue weighted by Crippen LogP contribution is 2.27. The Labute approximate surface area is 167 Å². The summed E-state index contributed by atoms with van der Waals surface area (Å²) in [6.07, 6.45) is 11.2. The molecule has 2 fully saturated rings. The average Bonchev–Trinajstić information content (AvgIpc) is 2.75. The number of hydrogen-bond donors (Lipinski definition) is 0. The van der Waals surface area contributed by atoms with Crippen LogP contribution in [0.25, 0.3) is 0 Å². The molecule has 0 spiro atoms. The maximum absolute atomic E-state index is 12.4. The standard InChI is InChI=1S/C24H30O4/c1-17(19-9-5-3-6-10-19)27-23(25)21-13-15-22(16-14-21)24(26)28-18(2)20-11-7-4-8-12-20/h13-16H,3-12H2,1-2H3. The van der Waals surface area contributed by atoms with Gasteiger partial charge in [0.05, 0.1) is 11.1 Å². The van der Waals surface area contributed by atoms with Gasteiger partial charge in [-0.15, -0.1) is 0 Å². The molecule has 0 aliphatic heterocycles. The van der Waals surface area contributed by atoms with Gasteiger partial charge < -0.3 is 9.47 Å². The van der Waals surface area contributed by atoms with Crippen molar-refractivity contribution in [3.63, 3.8) is 0 Å². The van der Waals surface area contributed by atoms with Crippen molar-refractivity contribution in [1.29, 1.82) is 0 Å². The Hall–Kier alpha value is -2.36. The van der Waals surface area contributed by atoms with Crippen LogP contribution >= 0.6 is 0 Å². The van der Waals surface area contributed by atoms with E-state index in [2.05, 4.69) is 0 Å². The Kier molecular flexibility index (Phi) is 7.07. The minimum absolute atomic E-state index is 0.379. The van der Waals surface area contributed by atoms with E-state index in [4.69, 9.17) is 9.47 Å². The van der Waals surface area contributed by atoms with Gasteiger partial charge in [-0.05, 0) is 101 Å². The van der Waals surface area contributed by atoms with Gasteiger partial charge in [0, 0.05) is 0 Å². The van der Waals surface area contributed by atoms with Crippen LogP contribution in [-0.4, -0.2) is 11.9 Å². The number of benzene rings is 1. The number of carbonyl (C=O) groups is 2.